The normalized spacial score (nSPS) is 18.4. The molecule has 1 N–H and O–H groups in total. The number of fused-ring (bicyclic) bond motifs is 2. The highest BCUT2D eigenvalue weighted by Gasteiger charge is 2.31. The van der Waals surface area contributed by atoms with E-state index in [0.29, 0.717) is 25.7 Å². The van der Waals surface area contributed by atoms with Crippen molar-refractivity contribution in [3.63, 3.8) is 0 Å². The van der Waals surface area contributed by atoms with E-state index in [0.717, 1.165) is 85.9 Å². The van der Waals surface area contributed by atoms with Crippen LogP contribution in [0.1, 0.15) is 24.1 Å². The summed E-state index contributed by atoms with van der Waals surface area (Å²) in [4.78, 5) is 33.8. The molecule has 210 valence electrons. The minimum atomic E-state index is -0.0113. The Labute approximate surface area is 236 Å². The molecule has 9 nitrogen and oxygen atoms in total. The zero-order chi connectivity index (χ0) is 27.8. The Morgan fingerprint density at radius 1 is 0.975 bits per heavy atom. The summed E-state index contributed by atoms with van der Waals surface area (Å²) in [7, 11) is 4.31. The number of benzene rings is 2. The zero-order valence-corrected chi connectivity index (χ0v) is 23.6. The molecule has 0 bridgehead atoms. The Bertz CT molecular complexity index is 1410. The highest BCUT2D eigenvalue weighted by molar-refractivity contribution is 5.95. The van der Waals surface area contributed by atoms with Crippen LogP contribution in [0.5, 0.6) is 5.75 Å². The minimum Gasteiger partial charge on any atom is -0.508 e. The maximum atomic E-state index is 12.2. The molecule has 2 aromatic carbocycles. The minimum absolute atomic E-state index is 0.0113. The van der Waals surface area contributed by atoms with Gasteiger partial charge in [0, 0.05) is 74.6 Å². The van der Waals surface area contributed by atoms with Crippen LogP contribution in [0, 0.1) is 0 Å². The molecule has 3 aliphatic heterocycles. The zero-order valence-electron chi connectivity index (χ0n) is 23.6. The van der Waals surface area contributed by atoms with Crippen molar-refractivity contribution in [2.45, 2.75) is 31.8 Å². The molecule has 3 aromatic rings. The molecule has 0 atom stereocenters. The van der Waals surface area contributed by atoms with E-state index in [9.17, 15) is 9.90 Å². The van der Waals surface area contributed by atoms with Crippen LogP contribution in [-0.2, 0) is 17.8 Å². The van der Waals surface area contributed by atoms with Gasteiger partial charge in [-0.05, 0) is 50.9 Å². The van der Waals surface area contributed by atoms with Crippen molar-refractivity contribution in [2.75, 3.05) is 74.6 Å². The first-order chi connectivity index (χ1) is 19.4. The van der Waals surface area contributed by atoms with Crippen LogP contribution in [0.15, 0.2) is 49.1 Å². The predicted octanol–water partition coefficient (Wildman–Crippen LogP) is 3.26. The van der Waals surface area contributed by atoms with Crippen molar-refractivity contribution in [3.05, 3.63) is 60.3 Å². The van der Waals surface area contributed by atoms with Gasteiger partial charge in [-0.15, -0.1) is 0 Å². The van der Waals surface area contributed by atoms with E-state index in [1.54, 1.807) is 0 Å². The van der Waals surface area contributed by atoms with Crippen LogP contribution < -0.4 is 14.7 Å². The summed E-state index contributed by atoms with van der Waals surface area (Å²) in [6.45, 7) is 9.81. The second-order valence-corrected chi connectivity index (χ2v) is 11.3. The lowest BCUT2D eigenvalue weighted by atomic mass is 10.0. The van der Waals surface area contributed by atoms with E-state index in [1.807, 2.05) is 35.2 Å². The smallest absolute Gasteiger partial charge is 0.246 e. The molecule has 0 saturated carbocycles. The van der Waals surface area contributed by atoms with Crippen LogP contribution in [0.25, 0.3) is 10.8 Å². The first kappa shape index (κ1) is 26.4. The number of aromatic nitrogens is 2. The first-order valence-electron chi connectivity index (χ1n) is 14.4. The predicted molar refractivity (Wildman–Crippen MR) is 160 cm³/mol. The lowest BCUT2D eigenvalue weighted by Crippen LogP contribution is -2.49. The fraction of sp³-hybridized carbons (Fsp3) is 0.452. The van der Waals surface area contributed by atoms with Crippen LogP contribution >= 0.6 is 0 Å². The summed E-state index contributed by atoms with van der Waals surface area (Å²) in [5.74, 6) is 2.08. The van der Waals surface area contributed by atoms with Crippen LogP contribution in [-0.4, -0.2) is 96.7 Å². The molecule has 0 radical (unpaired) electrons. The monoisotopic (exact) mass is 541 g/mol. The number of piperidine rings is 1. The summed E-state index contributed by atoms with van der Waals surface area (Å²) < 4.78 is 0. The van der Waals surface area contributed by atoms with Crippen molar-refractivity contribution < 1.29 is 9.90 Å². The van der Waals surface area contributed by atoms with Gasteiger partial charge in [0.05, 0.1) is 12.2 Å². The van der Waals surface area contributed by atoms with E-state index in [2.05, 4.69) is 46.3 Å². The van der Waals surface area contributed by atoms with Gasteiger partial charge in [-0.25, -0.2) is 4.98 Å². The average molecular weight is 542 g/mol. The highest BCUT2D eigenvalue weighted by Crippen LogP contribution is 2.36. The fourth-order valence-corrected chi connectivity index (χ4v) is 6.39. The Morgan fingerprint density at radius 2 is 1.73 bits per heavy atom. The quantitative estimate of drug-likeness (QED) is 0.494. The van der Waals surface area contributed by atoms with Crippen molar-refractivity contribution in [2.24, 2.45) is 0 Å². The van der Waals surface area contributed by atoms with E-state index in [1.165, 1.54) is 11.6 Å². The summed E-state index contributed by atoms with van der Waals surface area (Å²) in [5, 5.41) is 12.7. The molecule has 0 unspecified atom stereocenters. The van der Waals surface area contributed by atoms with Gasteiger partial charge in [-0.1, -0.05) is 30.8 Å². The van der Waals surface area contributed by atoms with Gasteiger partial charge < -0.3 is 29.6 Å². The fourth-order valence-electron chi connectivity index (χ4n) is 6.39. The van der Waals surface area contributed by atoms with Gasteiger partial charge in [0.15, 0.2) is 0 Å². The van der Waals surface area contributed by atoms with Crippen LogP contribution in [0.2, 0.25) is 0 Å². The SMILES string of the molecule is C=CC(=O)N1CCN(c2nc(N3CCC(N(C)C)CC3)nc3c2CCN(c2cc(O)cc4ccccc24)C3)CC1. The molecule has 2 saturated heterocycles. The second-order valence-electron chi connectivity index (χ2n) is 11.3. The molecule has 0 aliphatic carbocycles. The summed E-state index contributed by atoms with van der Waals surface area (Å²) in [6, 6.07) is 12.5. The van der Waals surface area contributed by atoms with E-state index in [-0.39, 0.29) is 11.7 Å². The van der Waals surface area contributed by atoms with Gasteiger partial charge in [0.25, 0.3) is 0 Å². The number of amides is 1. The molecule has 6 rings (SSSR count). The Kier molecular flexibility index (Phi) is 7.23. The second kappa shape index (κ2) is 11.0. The van der Waals surface area contributed by atoms with E-state index < -0.39 is 0 Å². The maximum Gasteiger partial charge on any atom is 0.246 e. The lowest BCUT2D eigenvalue weighted by molar-refractivity contribution is -0.126. The largest absolute Gasteiger partial charge is 0.508 e. The van der Waals surface area contributed by atoms with Gasteiger partial charge in [0.1, 0.15) is 11.6 Å². The number of phenolic OH excluding ortho intramolecular Hbond substituents is 1. The molecule has 1 aromatic heterocycles. The van der Waals surface area contributed by atoms with Crippen molar-refractivity contribution >= 4 is 34.1 Å². The van der Waals surface area contributed by atoms with Crippen molar-refractivity contribution in [1.82, 2.24) is 19.8 Å². The van der Waals surface area contributed by atoms with Gasteiger partial charge in [0.2, 0.25) is 11.9 Å². The molecular formula is C31H39N7O2. The molecular weight excluding hydrogens is 502 g/mol. The van der Waals surface area contributed by atoms with Crippen molar-refractivity contribution in [3.8, 4) is 5.75 Å². The number of nitrogens with zero attached hydrogens (tertiary/aromatic N) is 7. The van der Waals surface area contributed by atoms with Crippen molar-refractivity contribution in [1.29, 1.82) is 0 Å². The number of phenols is 1. The standard InChI is InChI=1S/C31H39N7O2/c1-4-29(40)35-15-17-36(18-16-35)30-26-11-14-38(28-20-24(39)19-22-7-5-6-8-25(22)28)21-27(26)32-31(33-30)37-12-9-23(10-13-37)34(2)3/h4-8,19-20,23,39H,1,9-18,21H2,2-3H3. The first-order valence-corrected chi connectivity index (χ1v) is 14.4. The molecule has 40 heavy (non-hydrogen) atoms. The van der Waals surface area contributed by atoms with E-state index in [4.69, 9.17) is 9.97 Å². The van der Waals surface area contributed by atoms with Crippen LogP contribution in [0.3, 0.4) is 0 Å². The number of carbonyl (C=O) groups excluding carboxylic acids is 1. The number of hydrogen-bond acceptors (Lipinski definition) is 8. The highest BCUT2D eigenvalue weighted by atomic mass is 16.3. The number of anilines is 3. The van der Waals surface area contributed by atoms with Crippen LogP contribution in [0.4, 0.5) is 17.5 Å². The van der Waals surface area contributed by atoms with Gasteiger partial charge in [-0.3, -0.25) is 4.79 Å². The third-order valence-electron chi connectivity index (χ3n) is 8.74. The summed E-state index contributed by atoms with van der Waals surface area (Å²) in [6.07, 6.45) is 4.40. The lowest BCUT2D eigenvalue weighted by Gasteiger charge is -2.39. The maximum absolute atomic E-state index is 12.2. The van der Waals surface area contributed by atoms with E-state index >= 15 is 0 Å². The summed E-state index contributed by atoms with van der Waals surface area (Å²) in [5.41, 5.74) is 3.29. The molecule has 9 heteroatoms. The average Bonchev–Trinajstić information content (AvgIpc) is 2.99. The third-order valence-corrected chi connectivity index (χ3v) is 8.74. The number of piperazine rings is 1. The Hall–Kier alpha value is -3.85. The topological polar surface area (TPSA) is 79.3 Å². The Morgan fingerprint density at radius 3 is 2.45 bits per heavy atom. The number of rotatable bonds is 5. The summed E-state index contributed by atoms with van der Waals surface area (Å²) >= 11 is 0. The molecule has 4 heterocycles. The van der Waals surface area contributed by atoms with Gasteiger partial charge >= 0.3 is 0 Å². The third kappa shape index (κ3) is 5.06. The van der Waals surface area contributed by atoms with Gasteiger partial charge in [-0.2, -0.15) is 4.98 Å². The number of hydrogen-bond donors (Lipinski definition) is 1. The molecule has 2 fully saturated rings. The molecule has 0 spiro atoms. The molecule has 3 aliphatic rings. The number of aromatic hydroxyl groups is 1. The number of carbonyl (C=O) groups is 1. The molecule has 1 amide bonds. The Balaban J connectivity index is 1.34.